The molecule has 0 spiro atoms. The summed E-state index contributed by atoms with van der Waals surface area (Å²) in [5, 5.41) is 17.2. The molecule has 1 atom stereocenters. The zero-order valence-electron chi connectivity index (χ0n) is 17.3. The highest BCUT2D eigenvalue weighted by atomic mass is 35.5. The Morgan fingerprint density at radius 1 is 1.16 bits per heavy atom. The Hall–Kier alpha value is -3.65. The van der Waals surface area contributed by atoms with Crippen molar-refractivity contribution in [3.8, 4) is 5.88 Å². The van der Waals surface area contributed by atoms with Crippen molar-refractivity contribution in [3.63, 3.8) is 0 Å². The van der Waals surface area contributed by atoms with Gasteiger partial charge in [0.05, 0.1) is 18.3 Å². The molecule has 0 aliphatic carbocycles. The highest BCUT2D eigenvalue weighted by Crippen LogP contribution is 2.34. The summed E-state index contributed by atoms with van der Waals surface area (Å²) in [4.78, 5) is 39.9. The second-order valence-corrected chi connectivity index (χ2v) is 7.88. The molecule has 0 bridgehead atoms. The Kier molecular flexibility index (Phi) is 5.96. The molecule has 32 heavy (non-hydrogen) atoms. The van der Waals surface area contributed by atoms with Crippen LogP contribution in [-0.4, -0.2) is 31.3 Å². The number of benzene rings is 2. The number of carbonyl (C=O) groups excluding carboxylic acids is 1. The van der Waals surface area contributed by atoms with Crippen LogP contribution in [-0.2, 0) is 11.3 Å². The van der Waals surface area contributed by atoms with E-state index in [0.29, 0.717) is 5.02 Å². The predicted molar refractivity (Wildman–Crippen MR) is 121 cm³/mol. The van der Waals surface area contributed by atoms with Crippen molar-refractivity contribution in [2.75, 3.05) is 0 Å². The van der Waals surface area contributed by atoms with Crippen LogP contribution in [0.25, 0.3) is 0 Å². The quantitative estimate of drug-likeness (QED) is 0.620. The topological polar surface area (TPSA) is 108 Å². The summed E-state index contributed by atoms with van der Waals surface area (Å²) in [7, 11) is 0. The highest BCUT2D eigenvalue weighted by molar-refractivity contribution is 6.30. The lowest BCUT2D eigenvalue weighted by Crippen LogP contribution is -2.34. The van der Waals surface area contributed by atoms with Gasteiger partial charge >= 0.3 is 5.69 Å². The van der Waals surface area contributed by atoms with Crippen LogP contribution >= 0.6 is 11.6 Å². The van der Waals surface area contributed by atoms with E-state index in [-0.39, 0.29) is 36.6 Å². The molecule has 0 radical (unpaired) electrons. The van der Waals surface area contributed by atoms with Crippen LogP contribution in [0.1, 0.15) is 42.5 Å². The van der Waals surface area contributed by atoms with E-state index in [2.05, 4.69) is 10.1 Å². The van der Waals surface area contributed by atoms with Gasteiger partial charge in [-0.05, 0) is 23.3 Å². The standard InChI is InChI=1S/C23H21ClN4O4/c1-2-19(29)28-18(15-8-10-16(24)11-9-15)12-17(26-28)20-21(30)25-23(32)27(22(20)31)13-14-6-4-3-5-7-14/h3-11,18,31H,2,12-13H2,1H3,(H,25,30,32)/t18-/m0/s1. The van der Waals surface area contributed by atoms with Gasteiger partial charge in [0.25, 0.3) is 5.56 Å². The van der Waals surface area contributed by atoms with Gasteiger partial charge in [0.1, 0.15) is 5.56 Å². The third-order valence-electron chi connectivity index (χ3n) is 5.37. The molecule has 2 aromatic carbocycles. The maximum atomic E-state index is 12.7. The molecule has 164 valence electrons. The van der Waals surface area contributed by atoms with Crippen LogP contribution in [0, 0.1) is 0 Å². The van der Waals surface area contributed by atoms with Crippen molar-refractivity contribution in [1.82, 2.24) is 14.6 Å². The summed E-state index contributed by atoms with van der Waals surface area (Å²) in [6, 6.07) is 15.7. The number of hydrogen-bond donors (Lipinski definition) is 2. The number of aromatic nitrogens is 2. The Morgan fingerprint density at radius 2 is 1.84 bits per heavy atom. The number of nitrogens with zero attached hydrogens (tertiary/aromatic N) is 3. The number of carbonyl (C=O) groups is 1. The van der Waals surface area contributed by atoms with Gasteiger partial charge in [0.15, 0.2) is 0 Å². The number of hydrogen-bond acceptors (Lipinski definition) is 5. The Balaban J connectivity index is 1.77. The molecule has 9 heteroatoms. The van der Waals surface area contributed by atoms with Crippen molar-refractivity contribution in [2.24, 2.45) is 5.10 Å². The van der Waals surface area contributed by atoms with E-state index in [1.54, 1.807) is 31.2 Å². The first kappa shape index (κ1) is 21.6. The molecule has 0 saturated carbocycles. The van der Waals surface area contributed by atoms with Gasteiger partial charge in [-0.3, -0.25) is 19.1 Å². The first-order valence-electron chi connectivity index (χ1n) is 10.1. The SMILES string of the molecule is CCC(=O)N1N=C(c2c(O)n(Cc3ccccc3)c(=O)[nH]c2=O)C[C@H]1c1ccc(Cl)cc1. The molecule has 0 saturated heterocycles. The zero-order chi connectivity index (χ0) is 22.8. The summed E-state index contributed by atoms with van der Waals surface area (Å²) in [5.74, 6) is -0.713. The van der Waals surface area contributed by atoms with Gasteiger partial charge in [0, 0.05) is 17.9 Å². The normalized spacial score (nSPS) is 15.6. The summed E-state index contributed by atoms with van der Waals surface area (Å²) < 4.78 is 1.08. The molecule has 1 aliphatic heterocycles. The molecule has 2 N–H and O–H groups in total. The monoisotopic (exact) mass is 452 g/mol. The minimum atomic E-state index is -0.754. The molecule has 1 aromatic heterocycles. The van der Waals surface area contributed by atoms with Crippen LogP contribution in [0.4, 0.5) is 0 Å². The average Bonchev–Trinajstić information content (AvgIpc) is 3.22. The van der Waals surface area contributed by atoms with E-state index in [9.17, 15) is 19.5 Å². The van der Waals surface area contributed by atoms with Crippen molar-refractivity contribution in [2.45, 2.75) is 32.4 Å². The fourth-order valence-electron chi connectivity index (χ4n) is 3.73. The summed E-state index contributed by atoms with van der Waals surface area (Å²) in [5.41, 5.74) is 0.199. The van der Waals surface area contributed by atoms with Crippen LogP contribution in [0.3, 0.4) is 0 Å². The number of amides is 1. The second kappa shape index (κ2) is 8.84. The minimum Gasteiger partial charge on any atom is -0.494 e. The van der Waals surface area contributed by atoms with Crippen LogP contribution < -0.4 is 11.2 Å². The Morgan fingerprint density at radius 3 is 2.50 bits per heavy atom. The fourth-order valence-corrected chi connectivity index (χ4v) is 3.86. The number of halogens is 1. The molecule has 3 aromatic rings. The zero-order valence-corrected chi connectivity index (χ0v) is 18.0. The molecule has 8 nitrogen and oxygen atoms in total. The fraction of sp³-hybridized carbons (Fsp3) is 0.217. The number of aromatic hydroxyl groups is 1. The lowest BCUT2D eigenvalue weighted by Gasteiger charge is -2.21. The predicted octanol–water partition coefficient (Wildman–Crippen LogP) is 3.03. The number of aromatic amines is 1. The smallest absolute Gasteiger partial charge is 0.331 e. The third kappa shape index (κ3) is 4.09. The summed E-state index contributed by atoms with van der Waals surface area (Å²) in [6.07, 6.45) is 0.421. The van der Waals surface area contributed by atoms with E-state index >= 15 is 0 Å². The number of H-pyrrole nitrogens is 1. The molecular formula is C23H21ClN4O4. The molecule has 1 amide bonds. The van der Waals surface area contributed by atoms with Gasteiger partial charge in [-0.2, -0.15) is 5.10 Å². The van der Waals surface area contributed by atoms with Crippen LogP contribution in [0.5, 0.6) is 5.88 Å². The van der Waals surface area contributed by atoms with E-state index in [4.69, 9.17) is 11.6 Å². The maximum absolute atomic E-state index is 12.7. The lowest BCUT2D eigenvalue weighted by molar-refractivity contribution is -0.132. The van der Waals surface area contributed by atoms with E-state index < -0.39 is 23.2 Å². The summed E-state index contributed by atoms with van der Waals surface area (Å²) >= 11 is 5.99. The van der Waals surface area contributed by atoms with E-state index in [1.165, 1.54) is 5.01 Å². The first-order chi connectivity index (χ1) is 15.4. The van der Waals surface area contributed by atoms with E-state index in [1.807, 2.05) is 30.3 Å². The van der Waals surface area contributed by atoms with Gasteiger partial charge in [0.2, 0.25) is 11.8 Å². The molecular weight excluding hydrogens is 432 g/mol. The van der Waals surface area contributed by atoms with Crippen molar-refractivity contribution in [3.05, 3.63) is 97.1 Å². The number of nitrogens with one attached hydrogen (secondary N) is 1. The molecule has 2 heterocycles. The average molecular weight is 453 g/mol. The van der Waals surface area contributed by atoms with Crippen LogP contribution in [0.2, 0.25) is 5.02 Å². The molecule has 0 fully saturated rings. The summed E-state index contributed by atoms with van der Waals surface area (Å²) in [6.45, 7) is 1.79. The Labute approximate surface area is 188 Å². The Bertz CT molecular complexity index is 1300. The maximum Gasteiger partial charge on any atom is 0.331 e. The highest BCUT2D eigenvalue weighted by Gasteiger charge is 2.35. The van der Waals surface area contributed by atoms with Crippen molar-refractivity contribution in [1.29, 1.82) is 0 Å². The van der Waals surface area contributed by atoms with Crippen LogP contribution in [0.15, 0.2) is 69.3 Å². The second-order valence-electron chi connectivity index (χ2n) is 7.44. The van der Waals surface area contributed by atoms with E-state index in [0.717, 1.165) is 15.7 Å². The molecule has 4 rings (SSSR count). The van der Waals surface area contributed by atoms with Gasteiger partial charge < -0.3 is 5.11 Å². The number of hydrazone groups is 1. The lowest BCUT2D eigenvalue weighted by atomic mass is 9.99. The molecule has 1 aliphatic rings. The van der Waals surface area contributed by atoms with Gasteiger partial charge in [-0.25, -0.2) is 9.80 Å². The first-order valence-corrected chi connectivity index (χ1v) is 10.5. The van der Waals surface area contributed by atoms with Crippen molar-refractivity contribution >= 4 is 23.2 Å². The van der Waals surface area contributed by atoms with Gasteiger partial charge in [-0.15, -0.1) is 0 Å². The largest absolute Gasteiger partial charge is 0.494 e. The van der Waals surface area contributed by atoms with Gasteiger partial charge in [-0.1, -0.05) is 61.0 Å². The van der Waals surface area contributed by atoms with Crippen molar-refractivity contribution < 1.29 is 9.90 Å². The molecule has 0 unspecified atom stereocenters. The number of rotatable bonds is 5. The minimum absolute atomic E-state index is 0.0702. The third-order valence-corrected chi connectivity index (χ3v) is 5.62.